The van der Waals surface area contributed by atoms with Gasteiger partial charge in [-0.1, -0.05) is 96.1 Å². The van der Waals surface area contributed by atoms with E-state index in [1.165, 1.54) is 5.56 Å². The highest BCUT2D eigenvalue weighted by atomic mass is 19.2. The van der Waals surface area contributed by atoms with Crippen molar-refractivity contribution in [2.24, 2.45) is 0 Å². The second-order valence-corrected chi connectivity index (χ2v) is 7.10. The molecule has 0 nitrogen and oxygen atoms in total. The average Bonchev–Trinajstić information content (AvgIpc) is 2.72. The molecule has 0 N–H and O–H groups in total. The lowest BCUT2D eigenvalue weighted by Crippen LogP contribution is -1.94. The molecule has 4 rings (SSSR count). The zero-order chi connectivity index (χ0) is 19.7. The molecule has 0 saturated heterocycles. The van der Waals surface area contributed by atoms with Gasteiger partial charge in [-0.25, -0.2) is 8.78 Å². The van der Waals surface area contributed by atoms with Gasteiger partial charge in [0.05, 0.1) is 0 Å². The fourth-order valence-corrected chi connectivity index (χ4v) is 3.32. The first kappa shape index (κ1) is 18.1. The van der Waals surface area contributed by atoms with Crippen LogP contribution in [0, 0.1) is 25.5 Å². The molecule has 0 radical (unpaired) electrons. The minimum absolute atomic E-state index is 0.267. The fourth-order valence-electron chi connectivity index (χ4n) is 3.32. The highest BCUT2D eigenvalue weighted by Crippen LogP contribution is 2.32. The minimum Gasteiger partial charge on any atom is -0.203 e. The molecule has 4 aromatic carbocycles. The van der Waals surface area contributed by atoms with E-state index in [-0.39, 0.29) is 11.1 Å². The van der Waals surface area contributed by atoms with Gasteiger partial charge in [-0.2, -0.15) is 0 Å². The van der Waals surface area contributed by atoms with Gasteiger partial charge in [0.2, 0.25) is 0 Å². The van der Waals surface area contributed by atoms with Crippen molar-refractivity contribution in [3.05, 3.63) is 108 Å². The predicted molar refractivity (Wildman–Crippen MR) is 112 cm³/mol. The lowest BCUT2D eigenvalue weighted by molar-refractivity contribution is 0.514. The number of hydrogen-bond acceptors (Lipinski definition) is 0. The molecule has 0 spiro atoms. The Morgan fingerprint density at radius 2 is 0.679 bits per heavy atom. The molecule has 2 heteroatoms. The van der Waals surface area contributed by atoms with Gasteiger partial charge in [-0.05, 0) is 36.1 Å². The molecule has 28 heavy (non-hydrogen) atoms. The molecule has 0 aliphatic rings. The van der Waals surface area contributed by atoms with Gasteiger partial charge in [-0.15, -0.1) is 0 Å². The number of rotatable bonds is 3. The van der Waals surface area contributed by atoms with Gasteiger partial charge in [0.15, 0.2) is 11.6 Å². The van der Waals surface area contributed by atoms with Crippen molar-refractivity contribution in [2.45, 2.75) is 13.8 Å². The lowest BCUT2D eigenvalue weighted by Gasteiger charge is -2.10. The third kappa shape index (κ3) is 3.46. The van der Waals surface area contributed by atoms with Crippen LogP contribution in [0.4, 0.5) is 8.78 Å². The highest BCUT2D eigenvalue weighted by molar-refractivity contribution is 5.74. The van der Waals surface area contributed by atoms with Crippen molar-refractivity contribution >= 4 is 0 Å². The molecular formula is C26H20F2. The van der Waals surface area contributed by atoms with Crippen LogP contribution in [-0.4, -0.2) is 0 Å². The number of halogens is 2. The second-order valence-electron chi connectivity index (χ2n) is 7.10. The molecule has 0 heterocycles. The van der Waals surface area contributed by atoms with E-state index in [0.29, 0.717) is 11.1 Å². The van der Waals surface area contributed by atoms with Crippen LogP contribution in [0.1, 0.15) is 11.1 Å². The van der Waals surface area contributed by atoms with Crippen molar-refractivity contribution in [3.8, 4) is 33.4 Å². The molecular weight excluding hydrogens is 350 g/mol. The molecule has 0 aliphatic heterocycles. The quantitative estimate of drug-likeness (QED) is 0.349. The van der Waals surface area contributed by atoms with Crippen LogP contribution < -0.4 is 0 Å². The molecule has 0 aliphatic carbocycles. The van der Waals surface area contributed by atoms with Gasteiger partial charge in [0, 0.05) is 11.1 Å². The van der Waals surface area contributed by atoms with Crippen LogP contribution in [0.15, 0.2) is 84.9 Å². The first-order valence-electron chi connectivity index (χ1n) is 9.25. The van der Waals surface area contributed by atoms with Crippen LogP contribution in [-0.2, 0) is 0 Å². The standard InChI is InChI=1S/C26H20F2/c1-17-3-7-19(8-4-17)20-11-13-22(14-12-20)24-16-15-23(25(27)26(24)28)21-9-5-18(2)6-10-21/h3-16H,1-2H3. The molecule has 0 amide bonds. The van der Waals surface area contributed by atoms with Gasteiger partial charge in [0.1, 0.15) is 0 Å². The minimum atomic E-state index is -0.818. The first-order chi connectivity index (χ1) is 13.5. The summed E-state index contributed by atoms with van der Waals surface area (Å²) >= 11 is 0. The predicted octanol–water partition coefficient (Wildman–Crippen LogP) is 7.58. The zero-order valence-electron chi connectivity index (χ0n) is 15.8. The summed E-state index contributed by atoms with van der Waals surface area (Å²) in [5, 5.41) is 0. The van der Waals surface area contributed by atoms with E-state index in [9.17, 15) is 8.78 Å². The molecule has 0 aromatic heterocycles. The van der Waals surface area contributed by atoms with Gasteiger partial charge < -0.3 is 0 Å². The summed E-state index contributed by atoms with van der Waals surface area (Å²) in [4.78, 5) is 0. The molecule has 4 aromatic rings. The third-order valence-electron chi connectivity index (χ3n) is 5.03. The summed E-state index contributed by atoms with van der Waals surface area (Å²) in [5.41, 5.74) is 6.29. The Morgan fingerprint density at radius 3 is 1.07 bits per heavy atom. The van der Waals surface area contributed by atoms with E-state index in [1.54, 1.807) is 12.1 Å². The summed E-state index contributed by atoms with van der Waals surface area (Å²) in [5.74, 6) is -1.63. The van der Waals surface area contributed by atoms with Crippen molar-refractivity contribution in [1.82, 2.24) is 0 Å². The zero-order valence-corrected chi connectivity index (χ0v) is 15.8. The van der Waals surface area contributed by atoms with Crippen LogP contribution in [0.25, 0.3) is 33.4 Å². The highest BCUT2D eigenvalue weighted by Gasteiger charge is 2.16. The number of aryl methyl sites for hydroxylation is 2. The maximum absolute atomic E-state index is 14.8. The van der Waals surface area contributed by atoms with E-state index in [1.807, 2.05) is 62.4 Å². The van der Waals surface area contributed by atoms with Crippen LogP contribution in [0.3, 0.4) is 0 Å². The Morgan fingerprint density at radius 1 is 0.393 bits per heavy atom. The normalized spacial score (nSPS) is 10.9. The Balaban J connectivity index is 1.68. The van der Waals surface area contributed by atoms with E-state index in [0.717, 1.165) is 16.7 Å². The molecule has 138 valence electrons. The maximum atomic E-state index is 14.8. The van der Waals surface area contributed by atoms with Crippen molar-refractivity contribution in [2.75, 3.05) is 0 Å². The lowest BCUT2D eigenvalue weighted by atomic mass is 9.96. The van der Waals surface area contributed by atoms with Crippen molar-refractivity contribution in [1.29, 1.82) is 0 Å². The Bertz CT molecular complexity index is 1110. The monoisotopic (exact) mass is 370 g/mol. The van der Waals surface area contributed by atoms with E-state index >= 15 is 0 Å². The molecule has 0 saturated carbocycles. The van der Waals surface area contributed by atoms with E-state index in [2.05, 4.69) is 24.3 Å². The second kappa shape index (κ2) is 7.40. The van der Waals surface area contributed by atoms with Gasteiger partial charge in [0.25, 0.3) is 0 Å². The van der Waals surface area contributed by atoms with Crippen LogP contribution >= 0.6 is 0 Å². The molecule has 0 atom stereocenters. The van der Waals surface area contributed by atoms with Crippen molar-refractivity contribution in [3.63, 3.8) is 0 Å². The fraction of sp³-hybridized carbons (Fsp3) is 0.0769. The summed E-state index contributed by atoms with van der Waals surface area (Å²) in [6.07, 6.45) is 0. The van der Waals surface area contributed by atoms with Crippen molar-refractivity contribution < 1.29 is 8.78 Å². The van der Waals surface area contributed by atoms with E-state index in [4.69, 9.17) is 0 Å². The SMILES string of the molecule is Cc1ccc(-c2ccc(-c3ccc(-c4ccc(C)cc4)c(F)c3F)cc2)cc1. The average molecular weight is 370 g/mol. The summed E-state index contributed by atoms with van der Waals surface area (Å²) in [7, 11) is 0. The first-order valence-corrected chi connectivity index (χ1v) is 9.25. The Labute approximate surface area is 164 Å². The summed E-state index contributed by atoms with van der Waals surface area (Å²) < 4.78 is 29.5. The smallest absolute Gasteiger partial charge is 0.167 e. The third-order valence-corrected chi connectivity index (χ3v) is 5.03. The van der Waals surface area contributed by atoms with Crippen LogP contribution in [0.2, 0.25) is 0 Å². The molecule has 0 bridgehead atoms. The topological polar surface area (TPSA) is 0 Å². The Kier molecular flexibility index (Phi) is 4.79. The number of benzene rings is 4. The molecule has 0 unspecified atom stereocenters. The van der Waals surface area contributed by atoms with Gasteiger partial charge >= 0.3 is 0 Å². The molecule has 0 fully saturated rings. The summed E-state index contributed by atoms with van der Waals surface area (Å²) in [6.45, 7) is 4.01. The summed E-state index contributed by atoms with van der Waals surface area (Å²) in [6, 6.07) is 26.5. The Hall–Kier alpha value is -3.26. The maximum Gasteiger partial charge on any atom is 0.167 e. The van der Waals surface area contributed by atoms with Gasteiger partial charge in [-0.3, -0.25) is 0 Å². The van der Waals surface area contributed by atoms with E-state index < -0.39 is 11.6 Å². The largest absolute Gasteiger partial charge is 0.203 e. The number of hydrogen-bond donors (Lipinski definition) is 0. The van der Waals surface area contributed by atoms with Crippen LogP contribution in [0.5, 0.6) is 0 Å².